The lowest BCUT2D eigenvalue weighted by Crippen LogP contribution is -2.30. The van der Waals surface area contributed by atoms with Crippen LogP contribution in [0.1, 0.15) is 30.9 Å². The van der Waals surface area contributed by atoms with Crippen molar-refractivity contribution >= 4 is 29.0 Å². The first-order valence-electron chi connectivity index (χ1n) is 7.67. The molecule has 0 heterocycles. The maximum absolute atomic E-state index is 12.5. The zero-order valence-corrected chi connectivity index (χ0v) is 14.8. The molecule has 0 saturated heterocycles. The van der Waals surface area contributed by atoms with E-state index in [-0.39, 0.29) is 5.78 Å². The van der Waals surface area contributed by atoms with Crippen molar-refractivity contribution in [1.29, 1.82) is 5.26 Å². The van der Waals surface area contributed by atoms with Crippen LogP contribution in [0.15, 0.2) is 42.5 Å². The van der Waals surface area contributed by atoms with Gasteiger partial charge in [-0.2, -0.15) is 5.26 Å². The van der Waals surface area contributed by atoms with Gasteiger partial charge in [0.1, 0.15) is 0 Å². The lowest BCUT2D eigenvalue weighted by Gasteiger charge is -2.20. The van der Waals surface area contributed by atoms with E-state index in [0.717, 1.165) is 12.0 Å². The summed E-state index contributed by atoms with van der Waals surface area (Å²) in [6.07, 6.45) is 0.796. The first-order valence-corrected chi connectivity index (χ1v) is 8.43. The van der Waals surface area contributed by atoms with Crippen molar-refractivity contribution in [3.05, 3.63) is 63.6 Å². The number of hydrogen-bond acceptors (Lipinski definition) is 3. The third-order valence-electron chi connectivity index (χ3n) is 3.51. The molecule has 0 N–H and O–H groups in total. The van der Waals surface area contributed by atoms with E-state index < -0.39 is 6.10 Å². The summed E-state index contributed by atoms with van der Waals surface area (Å²) >= 11 is 12.3. The van der Waals surface area contributed by atoms with Gasteiger partial charge < -0.3 is 4.74 Å². The van der Waals surface area contributed by atoms with E-state index in [1.54, 1.807) is 36.4 Å². The minimum absolute atomic E-state index is 0.0177. The zero-order valence-electron chi connectivity index (χ0n) is 13.3. The summed E-state index contributed by atoms with van der Waals surface area (Å²) in [6, 6.07) is 14.3. The molecule has 5 heteroatoms. The first-order chi connectivity index (χ1) is 11.5. The Balaban J connectivity index is 2.28. The van der Waals surface area contributed by atoms with Crippen LogP contribution in [0, 0.1) is 11.3 Å². The minimum atomic E-state index is -0.698. The highest BCUT2D eigenvalue weighted by molar-refractivity contribution is 6.37. The number of halogens is 2. The number of hydrogen-bond donors (Lipinski definition) is 0. The average Bonchev–Trinajstić information content (AvgIpc) is 2.57. The highest BCUT2D eigenvalue weighted by atomic mass is 35.5. The Morgan fingerprint density at radius 3 is 2.50 bits per heavy atom. The van der Waals surface area contributed by atoms with Gasteiger partial charge in [-0.05, 0) is 36.2 Å². The molecule has 0 amide bonds. The molecular weight excluding hydrogens is 345 g/mol. The maximum Gasteiger partial charge on any atom is 0.173 e. The summed E-state index contributed by atoms with van der Waals surface area (Å²) in [6.45, 7) is 1.94. The Hall–Kier alpha value is -2.02. The van der Waals surface area contributed by atoms with Gasteiger partial charge in [0.25, 0.3) is 0 Å². The SMILES string of the molecule is CCCC(=O)C(Cc1cccc(C#N)c1)Oc1c(Cl)cccc1Cl. The van der Waals surface area contributed by atoms with Crippen molar-refractivity contribution in [3.8, 4) is 11.8 Å². The highest BCUT2D eigenvalue weighted by Crippen LogP contribution is 2.33. The molecule has 0 aliphatic rings. The van der Waals surface area contributed by atoms with E-state index in [1.165, 1.54) is 0 Å². The molecule has 2 aromatic rings. The molecular formula is C19H17Cl2NO2. The molecule has 0 spiro atoms. The molecule has 124 valence electrons. The van der Waals surface area contributed by atoms with Crippen molar-refractivity contribution in [1.82, 2.24) is 0 Å². The zero-order chi connectivity index (χ0) is 17.5. The number of carbonyl (C=O) groups excluding carboxylic acids is 1. The fourth-order valence-electron chi connectivity index (χ4n) is 2.35. The van der Waals surface area contributed by atoms with Crippen LogP contribution in [-0.4, -0.2) is 11.9 Å². The van der Waals surface area contributed by atoms with Crippen molar-refractivity contribution in [2.75, 3.05) is 0 Å². The molecule has 0 fully saturated rings. The normalized spacial score (nSPS) is 11.6. The Bertz CT molecular complexity index is 748. The summed E-state index contributed by atoms with van der Waals surface area (Å²) in [5.74, 6) is 0.294. The first kappa shape index (κ1) is 18.3. The van der Waals surface area contributed by atoms with Crippen LogP contribution in [0.25, 0.3) is 0 Å². The summed E-state index contributed by atoms with van der Waals surface area (Å²) in [7, 11) is 0. The summed E-state index contributed by atoms with van der Waals surface area (Å²) in [5, 5.41) is 9.74. The van der Waals surface area contributed by atoms with E-state index in [9.17, 15) is 4.79 Å². The van der Waals surface area contributed by atoms with Gasteiger partial charge in [-0.15, -0.1) is 0 Å². The Labute approximate surface area is 151 Å². The second-order valence-corrected chi connectivity index (χ2v) is 6.20. The van der Waals surface area contributed by atoms with Gasteiger partial charge in [-0.1, -0.05) is 48.3 Å². The van der Waals surface area contributed by atoms with Gasteiger partial charge in [0.05, 0.1) is 21.7 Å². The fraction of sp³-hybridized carbons (Fsp3) is 0.263. The Morgan fingerprint density at radius 1 is 1.21 bits per heavy atom. The largest absolute Gasteiger partial charge is 0.479 e. The van der Waals surface area contributed by atoms with Crippen LogP contribution < -0.4 is 4.74 Å². The molecule has 2 rings (SSSR count). The summed E-state index contributed by atoms with van der Waals surface area (Å²) in [5.41, 5.74) is 1.40. The van der Waals surface area contributed by atoms with Crippen LogP contribution in [-0.2, 0) is 11.2 Å². The molecule has 0 aliphatic carbocycles. The van der Waals surface area contributed by atoms with Gasteiger partial charge in [0.15, 0.2) is 17.6 Å². The second-order valence-electron chi connectivity index (χ2n) is 5.39. The predicted octanol–water partition coefficient (Wildman–Crippen LogP) is 5.22. The van der Waals surface area contributed by atoms with E-state index in [0.29, 0.717) is 34.2 Å². The number of benzene rings is 2. The van der Waals surface area contributed by atoms with Crippen LogP contribution in [0.5, 0.6) is 5.75 Å². The lowest BCUT2D eigenvalue weighted by atomic mass is 10.0. The molecule has 0 bridgehead atoms. The smallest absolute Gasteiger partial charge is 0.173 e. The van der Waals surface area contributed by atoms with Gasteiger partial charge in [-0.25, -0.2) is 0 Å². The molecule has 0 aromatic heterocycles. The third-order valence-corrected chi connectivity index (χ3v) is 4.11. The van der Waals surface area contributed by atoms with Gasteiger partial charge in [0, 0.05) is 12.8 Å². The molecule has 1 unspecified atom stereocenters. The molecule has 24 heavy (non-hydrogen) atoms. The van der Waals surface area contributed by atoms with Crippen LogP contribution in [0.2, 0.25) is 10.0 Å². The predicted molar refractivity (Wildman–Crippen MR) is 95.7 cm³/mol. The number of Topliss-reactive ketones (excluding diaryl/α,β-unsaturated/α-hetero) is 1. The number of nitrogens with zero attached hydrogens (tertiary/aromatic N) is 1. The van der Waals surface area contributed by atoms with Crippen LogP contribution in [0.4, 0.5) is 0 Å². The van der Waals surface area contributed by atoms with Crippen molar-refractivity contribution in [3.63, 3.8) is 0 Å². The topological polar surface area (TPSA) is 50.1 Å². The lowest BCUT2D eigenvalue weighted by molar-refractivity contribution is -0.125. The summed E-state index contributed by atoms with van der Waals surface area (Å²) in [4.78, 5) is 12.5. The number of rotatable bonds is 7. The van der Waals surface area contributed by atoms with Crippen LogP contribution in [0.3, 0.4) is 0 Å². The molecule has 0 aliphatic heterocycles. The van der Waals surface area contributed by atoms with E-state index >= 15 is 0 Å². The molecule has 0 saturated carbocycles. The van der Waals surface area contributed by atoms with Crippen molar-refractivity contribution in [2.45, 2.75) is 32.3 Å². The van der Waals surface area contributed by atoms with Crippen LogP contribution >= 0.6 is 23.2 Å². The standard InChI is InChI=1S/C19H17Cl2NO2/c1-2-5-17(23)18(11-13-6-3-7-14(10-13)12-22)24-19-15(20)8-4-9-16(19)21/h3-4,6-10,18H,2,5,11H2,1H3. The molecule has 0 radical (unpaired) electrons. The van der Waals surface area contributed by atoms with Crippen molar-refractivity contribution in [2.24, 2.45) is 0 Å². The van der Waals surface area contributed by atoms with E-state index in [2.05, 4.69) is 6.07 Å². The molecule has 3 nitrogen and oxygen atoms in total. The summed E-state index contributed by atoms with van der Waals surface area (Å²) < 4.78 is 5.87. The fourth-order valence-corrected chi connectivity index (χ4v) is 2.83. The van der Waals surface area contributed by atoms with Gasteiger partial charge >= 0.3 is 0 Å². The monoisotopic (exact) mass is 361 g/mol. The van der Waals surface area contributed by atoms with Gasteiger partial charge in [-0.3, -0.25) is 4.79 Å². The average molecular weight is 362 g/mol. The highest BCUT2D eigenvalue weighted by Gasteiger charge is 2.22. The van der Waals surface area contributed by atoms with E-state index in [1.807, 2.05) is 13.0 Å². The number of carbonyl (C=O) groups is 1. The number of para-hydroxylation sites is 1. The van der Waals surface area contributed by atoms with E-state index in [4.69, 9.17) is 33.2 Å². The number of ketones is 1. The Morgan fingerprint density at radius 2 is 1.88 bits per heavy atom. The quantitative estimate of drug-likeness (QED) is 0.678. The maximum atomic E-state index is 12.5. The number of nitriles is 1. The molecule has 1 atom stereocenters. The van der Waals surface area contributed by atoms with Gasteiger partial charge in [0.2, 0.25) is 0 Å². The molecule has 2 aromatic carbocycles. The number of ether oxygens (including phenoxy) is 1. The second kappa shape index (κ2) is 8.73. The van der Waals surface area contributed by atoms with Crippen molar-refractivity contribution < 1.29 is 9.53 Å². The minimum Gasteiger partial charge on any atom is -0.479 e. The Kier molecular flexibility index (Phi) is 6.66. The third kappa shape index (κ3) is 4.74.